The number of nitrogens with one attached hydrogen (secondary N) is 1. The number of rotatable bonds is 7. The maximum absolute atomic E-state index is 13.3. The number of hydrogen-bond donors (Lipinski definition) is 1. The standard InChI is InChI=1S/C25H32FN3O2/c1-17(2)31-23-10-6-18(7-11-23)13-27-25(30)29(14-19-4-8-22(26)9-5-19)24-20-12-21(24)16-28(3)15-20/h4-11,17,20-21,24H,12-16H2,1-3H3,(H,27,30)/t20-,21+,24+. The molecule has 1 saturated heterocycles. The third kappa shape index (κ3) is 5.18. The lowest BCUT2D eigenvalue weighted by Gasteiger charge is -2.56. The normalized spacial score (nSPS) is 22.7. The van der Waals surface area contributed by atoms with E-state index in [0.717, 1.165) is 30.0 Å². The second kappa shape index (κ2) is 9.27. The van der Waals surface area contributed by atoms with Crippen molar-refractivity contribution in [3.05, 3.63) is 65.5 Å². The molecule has 2 aromatic carbocycles. The Morgan fingerprint density at radius 3 is 2.32 bits per heavy atom. The van der Waals surface area contributed by atoms with Gasteiger partial charge in [0.25, 0.3) is 0 Å². The summed E-state index contributed by atoms with van der Waals surface area (Å²) in [5.74, 6) is 1.58. The van der Waals surface area contributed by atoms with Gasteiger partial charge in [0.1, 0.15) is 11.6 Å². The van der Waals surface area contributed by atoms with Gasteiger partial charge < -0.3 is 19.9 Å². The van der Waals surface area contributed by atoms with Gasteiger partial charge in [0.05, 0.1) is 6.10 Å². The first kappa shape index (κ1) is 21.6. The second-order valence-corrected chi connectivity index (χ2v) is 9.19. The van der Waals surface area contributed by atoms with E-state index in [-0.39, 0.29) is 24.0 Å². The van der Waals surface area contributed by atoms with Crippen molar-refractivity contribution in [2.75, 3.05) is 20.1 Å². The van der Waals surface area contributed by atoms with Crippen molar-refractivity contribution in [1.29, 1.82) is 0 Å². The molecule has 1 saturated carbocycles. The molecule has 2 aliphatic rings. The monoisotopic (exact) mass is 425 g/mol. The van der Waals surface area contributed by atoms with E-state index in [1.807, 2.05) is 43.0 Å². The molecular formula is C25H32FN3O2. The molecule has 2 fully saturated rings. The highest BCUT2D eigenvalue weighted by molar-refractivity contribution is 5.75. The number of ether oxygens (including phenoxy) is 1. The number of benzene rings is 2. The lowest BCUT2D eigenvalue weighted by molar-refractivity contribution is -0.0540. The first-order valence-corrected chi connectivity index (χ1v) is 11.1. The summed E-state index contributed by atoms with van der Waals surface area (Å²) >= 11 is 0. The van der Waals surface area contributed by atoms with E-state index in [2.05, 4.69) is 17.3 Å². The molecule has 2 amide bonds. The van der Waals surface area contributed by atoms with Gasteiger partial charge in [-0.05, 0) is 74.5 Å². The van der Waals surface area contributed by atoms with Gasteiger partial charge in [-0.15, -0.1) is 0 Å². The number of nitrogens with zero attached hydrogens (tertiary/aromatic N) is 2. The van der Waals surface area contributed by atoms with Crippen LogP contribution in [0.15, 0.2) is 48.5 Å². The van der Waals surface area contributed by atoms with Gasteiger partial charge in [-0.2, -0.15) is 0 Å². The Bertz CT molecular complexity index is 873. The number of carbonyl (C=O) groups excluding carboxylic acids is 1. The maximum atomic E-state index is 13.3. The summed E-state index contributed by atoms with van der Waals surface area (Å²) in [4.78, 5) is 17.6. The third-order valence-electron chi connectivity index (χ3n) is 6.29. The number of carbonyl (C=O) groups is 1. The number of amides is 2. The Morgan fingerprint density at radius 2 is 1.71 bits per heavy atom. The van der Waals surface area contributed by atoms with Gasteiger partial charge in [0, 0.05) is 32.2 Å². The smallest absolute Gasteiger partial charge is 0.318 e. The molecule has 31 heavy (non-hydrogen) atoms. The number of piperidine rings is 2. The Labute approximate surface area is 184 Å². The largest absolute Gasteiger partial charge is 0.491 e. The number of fused-ring (bicyclic) bond motifs is 2. The predicted octanol–water partition coefficient (Wildman–Crippen LogP) is 4.27. The van der Waals surface area contributed by atoms with Crippen molar-refractivity contribution >= 4 is 6.03 Å². The lowest BCUT2D eigenvalue weighted by atomic mass is 9.65. The fourth-order valence-corrected chi connectivity index (χ4v) is 4.94. The molecule has 1 aliphatic heterocycles. The molecule has 2 bridgehead atoms. The van der Waals surface area contributed by atoms with Crippen LogP contribution in [-0.2, 0) is 13.1 Å². The highest BCUT2D eigenvalue weighted by Gasteiger charge is 2.49. The average molecular weight is 426 g/mol. The van der Waals surface area contributed by atoms with Crippen molar-refractivity contribution < 1.29 is 13.9 Å². The van der Waals surface area contributed by atoms with Crippen molar-refractivity contribution in [3.8, 4) is 5.75 Å². The minimum atomic E-state index is -0.258. The average Bonchev–Trinajstić information content (AvgIpc) is 2.73. The number of halogens is 1. The van der Waals surface area contributed by atoms with Gasteiger partial charge in [0.15, 0.2) is 0 Å². The zero-order chi connectivity index (χ0) is 22.0. The van der Waals surface area contributed by atoms with Gasteiger partial charge in [-0.3, -0.25) is 0 Å². The Morgan fingerprint density at radius 1 is 1.10 bits per heavy atom. The highest BCUT2D eigenvalue weighted by atomic mass is 19.1. The van der Waals surface area contributed by atoms with Gasteiger partial charge >= 0.3 is 6.03 Å². The van der Waals surface area contributed by atoms with Crippen LogP contribution in [0, 0.1) is 17.7 Å². The molecule has 166 valence electrons. The van der Waals surface area contributed by atoms with Crippen LogP contribution in [0.1, 0.15) is 31.4 Å². The summed E-state index contributed by atoms with van der Waals surface area (Å²) in [6.45, 7) is 6.99. The first-order chi connectivity index (χ1) is 14.9. The molecule has 3 atom stereocenters. The van der Waals surface area contributed by atoms with Crippen LogP contribution in [-0.4, -0.2) is 48.1 Å². The van der Waals surface area contributed by atoms with Crippen molar-refractivity contribution in [3.63, 3.8) is 0 Å². The maximum Gasteiger partial charge on any atom is 0.318 e. The predicted molar refractivity (Wildman–Crippen MR) is 119 cm³/mol. The van der Waals surface area contributed by atoms with E-state index in [1.165, 1.54) is 18.6 Å². The SMILES string of the molecule is CC(C)Oc1ccc(CNC(=O)N(Cc2ccc(F)cc2)[C@H]2[C@@H]3C[C@H]2CN(C)C3)cc1. The second-order valence-electron chi connectivity index (χ2n) is 9.19. The van der Waals surface area contributed by atoms with E-state index >= 15 is 0 Å². The molecule has 2 aromatic rings. The number of likely N-dealkylation sites (tertiary alicyclic amines) is 1. The molecule has 1 aliphatic carbocycles. The topological polar surface area (TPSA) is 44.8 Å². The van der Waals surface area contributed by atoms with E-state index in [0.29, 0.717) is 24.9 Å². The summed E-state index contributed by atoms with van der Waals surface area (Å²) in [5.41, 5.74) is 1.98. The summed E-state index contributed by atoms with van der Waals surface area (Å²) in [6.07, 6.45) is 1.31. The molecule has 0 aromatic heterocycles. The first-order valence-electron chi connectivity index (χ1n) is 11.1. The molecule has 4 rings (SSSR count). The van der Waals surface area contributed by atoms with E-state index in [9.17, 15) is 9.18 Å². The summed E-state index contributed by atoms with van der Waals surface area (Å²) in [7, 11) is 2.15. The summed E-state index contributed by atoms with van der Waals surface area (Å²) in [6, 6.07) is 14.5. The van der Waals surface area contributed by atoms with Crippen LogP contribution in [0.4, 0.5) is 9.18 Å². The minimum Gasteiger partial charge on any atom is -0.491 e. The van der Waals surface area contributed by atoms with Crippen LogP contribution in [0.3, 0.4) is 0 Å². The molecular weight excluding hydrogens is 393 g/mol. The van der Waals surface area contributed by atoms with Crippen LogP contribution >= 0.6 is 0 Å². The van der Waals surface area contributed by atoms with E-state index in [1.54, 1.807) is 12.1 Å². The number of hydrogen-bond acceptors (Lipinski definition) is 3. The summed E-state index contributed by atoms with van der Waals surface area (Å²) < 4.78 is 19.0. The highest BCUT2D eigenvalue weighted by Crippen LogP contribution is 2.43. The molecule has 0 spiro atoms. The molecule has 1 heterocycles. The molecule has 0 radical (unpaired) electrons. The van der Waals surface area contributed by atoms with Crippen molar-refractivity contribution in [1.82, 2.24) is 15.1 Å². The van der Waals surface area contributed by atoms with Crippen molar-refractivity contribution in [2.45, 2.75) is 45.5 Å². The molecule has 6 heteroatoms. The zero-order valence-electron chi connectivity index (χ0n) is 18.6. The zero-order valence-corrected chi connectivity index (χ0v) is 18.6. The minimum absolute atomic E-state index is 0.0592. The Kier molecular flexibility index (Phi) is 6.46. The van der Waals surface area contributed by atoms with Crippen molar-refractivity contribution in [2.24, 2.45) is 11.8 Å². The van der Waals surface area contributed by atoms with Crippen LogP contribution in [0.25, 0.3) is 0 Å². The Balaban J connectivity index is 1.43. The number of urea groups is 1. The fraction of sp³-hybridized carbons (Fsp3) is 0.480. The third-order valence-corrected chi connectivity index (χ3v) is 6.29. The van der Waals surface area contributed by atoms with Gasteiger partial charge in [-0.1, -0.05) is 24.3 Å². The van der Waals surface area contributed by atoms with Gasteiger partial charge in [0.2, 0.25) is 0 Å². The molecule has 5 nitrogen and oxygen atoms in total. The van der Waals surface area contributed by atoms with Crippen LogP contribution < -0.4 is 10.1 Å². The van der Waals surface area contributed by atoms with E-state index < -0.39 is 0 Å². The summed E-state index contributed by atoms with van der Waals surface area (Å²) in [5, 5.41) is 3.10. The van der Waals surface area contributed by atoms with Crippen LogP contribution in [0.5, 0.6) is 5.75 Å². The van der Waals surface area contributed by atoms with Gasteiger partial charge in [-0.25, -0.2) is 9.18 Å². The molecule has 1 N–H and O–H groups in total. The Hall–Kier alpha value is -2.60. The lowest BCUT2D eigenvalue weighted by Crippen LogP contribution is -2.65. The fourth-order valence-electron chi connectivity index (χ4n) is 4.94. The van der Waals surface area contributed by atoms with Crippen LogP contribution in [0.2, 0.25) is 0 Å². The quantitative estimate of drug-likeness (QED) is 0.720. The van der Waals surface area contributed by atoms with E-state index in [4.69, 9.17) is 4.74 Å². The molecule has 0 unspecified atom stereocenters.